The minimum atomic E-state index is -0.762. The zero-order valence-corrected chi connectivity index (χ0v) is 18.8. The van der Waals surface area contributed by atoms with Gasteiger partial charge in [-0.3, -0.25) is 4.79 Å². The topological polar surface area (TPSA) is 112 Å². The number of hydrogen-bond donors (Lipinski definition) is 2. The summed E-state index contributed by atoms with van der Waals surface area (Å²) in [6, 6.07) is 5.30. The molecule has 4 saturated carbocycles. The lowest BCUT2D eigenvalue weighted by Crippen LogP contribution is -2.42. The highest BCUT2D eigenvalue weighted by atomic mass is 19.1. The molecule has 3 aromatic heterocycles. The fraction of sp³-hybridized carbons (Fsp3) is 0.440. The number of aliphatic hydroxyl groups is 1. The molecule has 34 heavy (non-hydrogen) atoms. The Morgan fingerprint density at radius 3 is 2.65 bits per heavy atom. The smallest absolute Gasteiger partial charge is 0.261 e. The summed E-state index contributed by atoms with van der Waals surface area (Å²) in [6.07, 6.45) is 7.52. The molecule has 0 amide bonds. The maximum Gasteiger partial charge on any atom is 0.261 e. The lowest BCUT2D eigenvalue weighted by atomic mass is 9.77. The minimum Gasteiger partial charge on any atom is -0.390 e. The van der Waals surface area contributed by atoms with E-state index in [1.54, 1.807) is 28.3 Å². The van der Waals surface area contributed by atoms with Crippen LogP contribution in [-0.4, -0.2) is 35.0 Å². The number of nitrogens with zero attached hydrogens (tertiary/aromatic N) is 5. The maximum absolute atomic E-state index is 16.1. The van der Waals surface area contributed by atoms with Crippen LogP contribution in [0.4, 0.5) is 10.2 Å². The van der Waals surface area contributed by atoms with Crippen LogP contribution in [0.15, 0.2) is 35.5 Å². The van der Waals surface area contributed by atoms with Gasteiger partial charge in [-0.2, -0.15) is 5.10 Å². The van der Waals surface area contributed by atoms with E-state index in [1.165, 1.54) is 6.33 Å². The number of hydrogen-bond acceptors (Lipinski definition) is 6. The number of halogens is 1. The third-order valence-corrected chi connectivity index (χ3v) is 8.26. The molecule has 3 N–H and O–H groups in total. The first-order chi connectivity index (χ1) is 16.3. The first kappa shape index (κ1) is 20.1. The maximum atomic E-state index is 16.1. The first-order valence-electron chi connectivity index (χ1n) is 11.9. The number of aromatic nitrogens is 5. The van der Waals surface area contributed by atoms with Crippen molar-refractivity contribution in [3.8, 4) is 11.3 Å². The van der Waals surface area contributed by atoms with Crippen LogP contribution in [0, 0.1) is 17.7 Å². The number of nitrogen functional groups attached to an aromatic ring is 1. The lowest BCUT2D eigenvalue weighted by molar-refractivity contribution is -0.0531. The van der Waals surface area contributed by atoms with Crippen LogP contribution in [0.3, 0.4) is 0 Å². The van der Waals surface area contributed by atoms with Gasteiger partial charge in [0.25, 0.3) is 5.56 Å². The van der Waals surface area contributed by atoms with E-state index in [0.717, 1.165) is 19.3 Å². The number of anilines is 1. The Kier molecular flexibility index (Phi) is 3.91. The molecule has 3 heterocycles. The van der Waals surface area contributed by atoms with E-state index in [4.69, 9.17) is 10.8 Å². The van der Waals surface area contributed by atoms with E-state index in [9.17, 15) is 9.90 Å². The molecule has 1 unspecified atom stereocenters. The zero-order chi connectivity index (χ0) is 23.4. The SMILES string of the molecule is CC1(O)CC(n2nc(-c3ccc4ccn(C5CC6CC5C6)c(=O)c4c3F)c3c(N)ncnc32)C1. The number of pyridine rings is 1. The van der Waals surface area contributed by atoms with Gasteiger partial charge in [-0.1, -0.05) is 6.07 Å². The van der Waals surface area contributed by atoms with Gasteiger partial charge in [0.2, 0.25) is 0 Å². The zero-order valence-electron chi connectivity index (χ0n) is 18.8. The van der Waals surface area contributed by atoms with Crippen molar-refractivity contribution in [2.45, 2.75) is 56.7 Å². The number of benzene rings is 1. The Bertz CT molecular complexity index is 1540. The van der Waals surface area contributed by atoms with Crippen LogP contribution in [0.1, 0.15) is 51.1 Å². The standard InChI is InChI=1S/C25H25FN6O2/c1-25(34)9-15(10-25)32-23-19(22(27)28-11-29-23)21(30-32)16-3-2-13-4-5-31(24(33)18(13)20(16)26)17-8-12-6-14(17)7-12/h2-5,11-12,14-15,17,34H,6-10H2,1H3,(H2,27,28,29). The van der Waals surface area contributed by atoms with Crippen LogP contribution >= 0.6 is 0 Å². The normalized spacial score (nSPS) is 30.0. The monoisotopic (exact) mass is 460 g/mol. The summed E-state index contributed by atoms with van der Waals surface area (Å²) in [7, 11) is 0. The molecule has 0 saturated heterocycles. The van der Waals surface area contributed by atoms with Gasteiger partial charge in [-0.15, -0.1) is 0 Å². The van der Waals surface area contributed by atoms with E-state index in [1.807, 2.05) is 12.3 Å². The highest BCUT2D eigenvalue weighted by molar-refractivity contribution is 6.00. The molecule has 0 aliphatic heterocycles. The first-order valence-corrected chi connectivity index (χ1v) is 11.9. The molecule has 4 aromatic rings. The summed E-state index contributed by atoms with van der Waals surface area (Å²) in [5.41, 5.74) is 6.16. The third-order valence-electron chi connectivity index (χ3n) is 8.26. The van der Waals surface area contributed by atoms with Crippen LogP contribution in [0.5, 0.6) is 0 Å². The molecule has 0 radical (unpaired) electrons. The van der Waals surface area contributed by atoms with Crippen LogP contribution < -0.4 is 11.3 Å². The summed E-state index contributed by atoms with van der Waals surface area (Å²) in [5, 5.41) is 16.0. The Balaban J connectivity index is 1.42. The van der Waals surface area contributed by atoms with Crippen LogP contribution in [-0.2, 0) is 0 Å². The summed E-state index contributed by atoms with van der Waals surface area (Å²) in [6.45, 7) is 1.78. The minimum absolute atomic E-state index is 0.0739. The number of fused-ring (bicyclic) bond motifs is 3. The molecule has 0 spiro atoms. The quantitative estimate of drug-likeness (QED) is 0.483. The van der Waals surface area contributed by atoms with Gasteiger partial charge in [-0.25, -0.2) is 19.0 Å². The molecular weight excluding hydrogens is 435 g/mol. The fourth-order valence-electron chi connectivity index (χ4n) is 6.48. The van der Waals surface area contributed by atoms with Gasteiger partial charge < -0.3 is 15.4 Å². The largest absolute Gasteiger partial charge is 0.390 e. The summed E-state index contributed by atoms with van der Waals surface area (Å²) in [5.74, 6) is 0.813. The van der Waals surface area contributed by atoms with Crippen LogP contribution in [0.2, 0.25) is 0 Å². The molecule has 4 fully saturated rings. The van der Waals surface area contributed by atoms with Crippen molar-refractivity contribution >= 4 is 27.6 Å². The van der Waals surface area contributed by atoms with E-state index >= 15 is 4.39 Å². The molecule has 8 rings (SSSR count). The van der Waals surface area contributed by atoms with Crippen molar-refractivity contribution in [2.75, 3.05) is 5.73 Å². The van der Waals surface area contributed by atoms with Crippen molar-refractivity contribution in [1.29, 1.82) is 0 Å². The molecule has 174 valence electrons. The summed E-state index contributed by atoms with van der Waals surface area (Å²) >= 11 is 0. The van der Waals surface area contributed by atoms with E-state index in [-0.39, 0.29) is 34.4 Å². The van der Waals surface area contributed by atoms with Gasteiger partial charge in [0.1, 0.15) is 23.7 Å². The summed E-state index contributed by atoms with van der Waals surface area (Å²) in [4.78, 5) is 21.9. The van der Waals surface area contributed by atoms with E-state index < -0.39 is 11.4 Å². The molecule has 2 bridgehead atoms. The van der Waals surface area contributed by atoms with Gasteiger partial charge in [0.05, 0.1) is 22.4 Å². The molecule has 1 aromatic carbocycles. The predicted octanol–water partition coefficient (Wildman–Crippen LogP) is 3.59. The van der Waals surface area contributed by atoms with Crippen molar-refractivity contribution < 1.29 is 9.50 Å². The fourth-order valence-corrected chi connectivity index (χ4v) is 6.48. The number of rotatable bonds is 3. The highest BCUT2D eigenvalue weighted by Crippen LogP contribution is 2.54. The summed E-state index contributed by atoms with van der Waals surface area (Å²) < 4.78 is 19.5. The number of nitrogens with two attached hydrogens (primary N) is 1. The molecule has 1 atom stereocenters. The van der Waals surface area contributed by atoms with Gasteiger partial charge in [0, 0.05) is 17.8 Å². The molecule has 4 aliphatic rings. The second-order valence-electron chi connectivity index (χ2n) is 10.6. The van der Waals surface area contributed by atoms with Gasteiger partial charge in [0.15, 0.2) is 5.65 Å². The van der Waals surface area contributed by atoms with E-state index in [0.29, 0.717) is 46.8 Å². The predicted molar refractivity (Wildman–Crippen MR) is 126 cm³/mol. The Morgan fingerprint density at radius 2 is 1.94 bits per heavy atom. The van der Waals surface area contributed by atoms with Crippen molar-refractivity contribution in [1.82, 2.24) is 24.3 Å². The van der Waals surface area contributed by atoms with Gasteiger partial charge >= 0.3 is 0 Å². The Labute approximate surface area is 194 Å². The average Bonchev–Trinajstić information content (AvgIpc) is 3.45. The Hall–Kier alpha value is -3.33. The van der Waals surface area contributed by atoms with Crippen molar-refractivity contribution in [2.24, 2.45) is 11.8 Å². The molecule has 4 aliphatic carbocycles. The molecular formula is C25H25FN6O2. The second-order valence-corrected chi connectivity index (χ2v) is 10.6. The lowest BCUT2D eigenvalue weighted by Gasteiger charge is -2.40. The van der Waals surface area contributed by atoms with Crippen molar-refractivity contribution in [3.63, 3.8) is 0 Å². The van der Waals surface area contributed by atoms with Crippen molar-refractivity contribution in [3.05, 3.63) is 46.9 Å². The molecule has 8 nitrogen and oxygen atoms in total. The Morgan fingerprint density at radius 1 is 1.15 bits per heavy atom. The second kappa shape index (κ2) is 6.63. The highest BCUT2D eigenvalue weighted by Gasteiger charge is 2.45. The van der Waals surface area contributed by atoms with Gasteiger partial charge in [-0.05, 0) is 68.4 Å². The third kappa shape index (κ3) is 2.67. The van der Waals surface area contributed by atoms with Crippen LogP contribution in [0.25, 0.3) is 33.1 Å². The average molecular weight is 461 g/mol. The van der Waals surface area contributed by atoms with E-state index in [2.05, 4.69) is 9.97 Å². The molecule has 9 heteroatoms.